The summed E-state index contributed by atoms with van der Waals surface area (Å²) in [6.07, 6.45) is 3.69. The normalized spacial score (nSPS) is 18.4. The molecule has 3 rings (SSSR count). The Bertz CT molecular complexity index is 648. The summed E-state index contributed by atoms with van der Waals surface area (Å²) in [6, 6.07) is 7.19. The lowest BCUT2D eigenvalue weighted by atomic mass is 10.1. The van der Waals surface area contributed by atoms with E-state index < -0.39 is 0 Å². The second-order valence-electron chi connectivity index (χ2n) is 4.97. The number of thiophene rings is 1. The minimum Gasteiger partial charge on any atom is -0.334 e. The number of rotatable bonds is 3. The predicted octanol–water partition coefficient (Wildman–Crippen LogP) is 2.27. The first kappa shape index (κ1) is 13.1. The maximum atomic E-state index is 12.4. The van der Waals surface area contributed by atoms with Gasteiger partial charge in [0.2, 0.25) is 5.91 Å². The molecule has 1 aliphatic rings. The van der Waals surface area contributed by atoms with Crippen LogP contribution in [0.2, 0.25) is 0 Å². The molecular formula is C15H16N2O2S. The standard InChI is InChI=1S/C15H16N2O2S/c18-14-5-1-2-7-16(14)10-15(19)17-8-3-4-13(17)12-6-9-20-11-12/h1-2,5-7,9,11,13H,3-4,8,10H2/t13-/m1/s1. The maximum Gasteiger partial charge on any atom is 0.250 e. The molecule has 0 spiro atoms. The third kappa shape index (κ3) is 2.54. The van der Waals surface area contributed by atoms with Crippen molar-refractivity contribution in [2.75, 3.05) is 6.54 Å². The predicted molar refractivity (Wildman–Crippen MR) is 78.7 cm³/mol. The number of hydrogen-bond donors (Lipinski definition) is 0. The summed E-state index contributed by atoms with van der Waals surface area (Å²) in [5.74, 6) is 0.0204. The molecule has 104 valence electrons. The van der Waals surface area contributed by atoms with Gasteiger partial charge < -0.3 is 9.47 Å². The van der Waals surface area contributed by atoms with Gasteiger partial charge in [-0.05, 0) is 41.3 Å². The van der Waals surface area contributed by atoms with Gasteiger partial charge >= 0.3 is 0 Å². The number of amides is 1. The second-order valence-corrected chi connectivity index (χ2v) is 5.75. The van der Waals surface area contributed by atoms with Gasteiger partial charge in [-0.15, -0.1) is 0 Å². The summed E-state index contributed by atoms with van der Waals surface area (Å²) in [5, 5.41) is 4.14. The highest BCUT2D eigenvalue weighted by Crippen LogP contribution is 2.33. The van der Waals surface area contributed by atoms with Crippen molar-refractivity contribution in [3.63, 3.8) is 0 Å². The number of likely N-dealkylation sites (tertiary alicyclic amines) is 1. The van der Waals surface area contributed by atoms with Crippen LogP contribution in [0.1, 0.15) is 24.4 Å². The topological polar surface area (TPSA) is 42.3 Å². The minimum atomic E-state index is -0.132. The smallest absolute Gasteiger partial charge is 0.250 e. The minimum absolute atomic E-state index is 0.0204. The third-order valence-corrected chi connectivity index (χ3v) is 4.41. The SMILES string of the molecule is O=C(Cn1ccccc1=O)N1CCC[C@@H]1c1ccsc1. The molecule has 5 heteroatoms. The van der Waals surface area contributed by atoms with Gasteiger partial charge in [0, 0.05) is 18.8 Å². The molecule has 1 amide bonds. The zero-order valence-corrected chi connectivity index (χ0v) is 11.9. The summed E-state index contributed by atoms with van der Waals surface area (Å²) in [4.78, 5) is 26.0. The molecule has 1 saturated heterocycles. The Kier molecular flexibility index (Phi) is 3.69. The van der Waals surface area contributed by atoms with E-state index in [1.165, 1.54) is 16.2 Å². The molecule has 0 aliphatic carbocycles. The number of carbonyl (C=O) groups is 1. The van der Waals surface area contributed by atoms with E-state index in [4.69, 9.17) is 0 Å². The van der Waals surface area contributed by atoms with Gasteiger partial charge in [-0.2, -0.15) is 11.3 Å². The van der Waals surface area contributed by atoms with Gasteiger partial charge in [0.05, 0.1) is 6.04 Å². The van der Waals surface area contributed by atoms with E-state index in [9.17, 15) is 9.59 Å². The number of nitrogens with zero attached hydrogens (tertiary/aromatic N) is 2. The van der Waals surface area contributed by atoms with Crippen LogP contribution < -0.4 is 5.56 Å². The molecule has 3 heterocycles. The molecule has 1 fully saturated rings. The van der Waals surface area contributed by atoms with E-state index in [1.807, 2.05) is 10.3 Å². The lowest BCUT2D eigenvalue weighted by molar-refractivity contribution is -0.132. The van der Waals surface area contributed by atoms with Gasteiger partial charge in [-0.25, -0.2) is 0 Å². The first-order valence-electron chi connectivity index (χ1n) is 6.73. The van der Waals surface area contributed by atoms with Crippen LogP contribution in [-0.4, -0.2) is 21.9 Å². The fraction of sp³-hybridized carbons (Fsp3) is 0.333. The van der Waals surface area contributed by atoms with E-state index in [1.54, 1.807) is 29.7 Å². The van der Waals surface area contributed by atoms with Crippen molar-refractivity contribution >= 4 is 17.2 Å². The van der Waals surface area contributed by atoms with E-state index in [2.05, 4.69) is 11.4 Å². The molecule has 20 heavy (non-hydrogen) atoms. The van der Waals surface area contributed by atoms with Gasteiger partial charge in [0.25, 0.3) is 5.56 Å². The van der Waals surface area contributed by atoms with E-state index in [-0.39, 0.29) is 24.1 Å². The zero-order chi connectivity index (χ0) is 13.9. The summed E-state index contributed by atoms with van der Waals surface area (Å²) < 4.78 is 1.46. The Morgan fingerprint density at radius 1 is 1.35 bits per heavy atom. The monoisotopic (exact) mass is 288 g/mol. The summed E-state index contributed by atoms with van der Waals surface area (Å²) in [6.45, 7) is 0.904. The van der Waals surface area contributed by atoms with Gasteiger partial charge in [0.1, 0.15) is 6.54 Å². The third-order valence-electron chi connectivity index (χ3n) is 3.71. The molecule has 2 aromatic heterocycles. The Morgan fingerprint density at radius 2 is 2.25 bits per heavy atom. The van der Waals surface area contributed by atoms with Crippen molar-refractivity contribution in [3.8, 4) is 0 Å². The maximum absolute atomic E-state index is 12.4. The highest BCUT2D eigenvalue weighted by atomic mass is 32.1. The summed E-state index contributed by atoms with van der Waals surface area (Å²) >= 11 is 1.65. The first-order chi connectivity index (χ1) is 9.75. The average Bonchev–Trinajstić information content (AvgIpc) is 3.11. The van der Waals surface area contributed by atoms with Crippen LogP contribution in [0.4, 0.5) is 0 Å². The van der Waals surface area contributed by atoms with Gasteiger partial charge in [-0.1, -0.05) is 6.07 Å². The van der Waals surface area contributed by atoms with Crippen LogP contribution in [-0.2, 0) is 11.3 Å². The molecule has 0 unspecified atom stereocenters. The van der Waals surface area contributed by atoms with Crippen LogP contribution in [0.3, 0.4) is 0 Å². The Hall–Kier alpha value is -1.88. The van der Waals surface area contributed by atoms with Gasteiger partial charge in [-0.3, -0.25) is 9.59 Å². The number of aromatic nitrogens is 1. The molecule has 0 aromatic carbocycles. The number of pyridine rings is 1. The number of hydrogen-bond acceptors (Lipinski definition) is 3. The van der Waals surface area contributed by atoms with Crippen molar-refractivity contribution < 1.29 is 4.79 Å². The number of carbonyl (C=O) groups excluding carboxylic acids is 1. The molecule has 1 atom stereocenters. The largest absolute Gasteiger partial charge is 0.334 e. The molecule has 0 bridgehead atoms. The molecular weight excluding hydrogens is 272 g/mol. The van der Waals surface area contributed by atoms with Crippen LogP contribution in [0.15, 0.2) is 46.0 Å². The highest BCUT2D eigenvalue weighted by molar-refractivity contribution is 7.07. The zero-order valence-electron chi connectivity index (χ0n) is 11.1. The van der Waals surface area contributed by atoms with Crippen molar-refractivity contribution in [3.05, 3.63) is 57.1 Å². The van der Waals surface area contributed by atoms with Crippen LogP contribution in [0, 0.1) is 0 Å². The Balaban J connectivity index is 1.77. The second kappa shape index (κ2) is 5.63. The Morgan fingerprint density at radius 3 is 3.00 bits per heavy atom. The molecule has 2 aromatic rings. The van der Waals surface area contributed by atoms with Crippen molar-refractivity contribution in [2.45, 2.75) is 25.4 Å². The van der Waals surface area contributed by atoms with Crippen LogP contribution in [0.5, 0.6) is 0 Å². The molecule has 1 aliphatic heterocycles. The van der Waals surface area contributed by atoms with Crippen LogP contribution in [0.25, 0.3) is 0 Å². The van der Waals surface area contributed by atoms with E-state index >= 15 is 0 Å². The van der Waals surface area contributed by atoms with Crippen molar-refractivity contribution in [1.82, 2.24) is 9.47 Å². The fourth-order valence-corrected chi connectivity index (χ4v) is 3.41. The van der Waals surface area contributed by atoms with E-state index in [0.29, 0.717) is 0 Å². The van der Waals surface area contributed by atoms with Crippen molar-refractivity contribution in [1.29, 1.82) is 0 Å². The molecule has 0 radical (unpaired) electrons. The summed E-state index contributed by atoms with van der Waals surface area (Å²) in [5.41, 5.74) is 1.08. The van der Waals surface area contributed by atoms with Crippen molar-refractivity contribution in [2.24, 2.45) is 0 Å². The lowest BCUT2D eigenvalue weighted by Crippen LogP contribution is -2.35. The first-order valence-corrected chi connectivity index (χ1v) is 7.67. The quantitative estimate of drug-likeness (QED) is 0.869. The van der Waals surface area contributed by atoms with Gasteiger partial charge in [0.15, 0.2) is 0 Å². The molecule has 0 N–H and O–H groups in total. The Labute approximate surface area is 121 Å². The molecule has 4 nitrogen and oxygen atoms in total. The molecule has 0 saturated carbocycles. The average molecular weight is 288 g/mol. The highest BCUT2D eigenvalue weighted by Gasteiger charge is 2.30. The fourth-order valence-electron chi connectivity index (χ4n) is 2.70. The van der Waals surface area contributed by atoms with Crippen LogP contribution >= 0.6 is 11.3 Å². The lowest BCUT2D eigenvalue weighted by Gasteiger charge is -2.24. The van der Waals surface area contributed by atoms with E-state index in [0.717, 1.165) is 19.4 Å². The summed E-state index contributed by atoms with van der Waals surface area (Å²) in [7, 11) is 0.